The average molecular weight is 228 g/mol. The highest BCUT2D eigenvalue weighted by Crippen LogP contribution is 2.05. The number of hydrogen-bond acceptors (Lipinski definition) is 5. The van der Waals surface area contributed by atoms with Crippen LogP contribution in [0, 0.1) is 0 Å². The Bertz CT molecular complexity index is 337. The molecule has 0 aromatic carbocycles. The van der Waals surface area contributed by atoms with Gasteiger partial charge in [-0.15, -0.1) is 5.10 Å². The molecule has 0 unspecified atom stereocenters. The van der Waals surface area contributed by atoms with Gasteiger partial charge in [-0.25, -0.2) is 5.10 Å². The van der Waals surface area contributed by atoms with Crippen molar-refractivity contribution in [2.45, 2.75) is 26.9 Å². The Kier molecular flexibility index (Phi) is 4.71. The summed E-state index contributed by atoms with van der Waals surface area (Å²) in [5.74, 6) is -0.0336. The van der Waals surface area contributed by atoms with E-state index in [1.807, 2.05) is 20.8 Å². The summed E-state index contributed by atoms with van der Waals surface area (Å²) in [4.78, 5) is 15.2. The number of aromatic amines is 1. The first-order chi connectivity index (χ1) is 7.61. The molecule has 0 radical (unpaired) electrons. The van der Waals surface area contributed by atoms with Crippen LogP contribution in [0.4, 0.5) is 5.95 Å². The number of carbonyl (C=O) groups excluding carboxylic acids is 1. The van der Waals surface area contributed by atoms with Crippen molar-refractivity contribution in [3.05, 3.63) is 0 Å². The number of aromatic nitrogens is 3. The van der Waals surface area contributed by atoms with Crippen LogP contribution in [0.15, 0.2) is 0 Å². The van der Waals surface area contributed by atoms with E-state index in [1.54, 1.807) is 0 Å². The van der Waals surface area contributed by atoms with E-state index < -0.39 is 0 Å². The molecule has 1 heterocycles. The molecular formula is C9H16N4O3. The lowest BCUT2D eigenvalue weighted by Crippen LogP contribution is -2.21. The monoisotopic (exact) mass is 228 g/mol. The minimum atomic E-state index is -0.284. The molecule has 90 valence electrons. The molecule has 1 aromatic rings. The lowest BCUT2D eigenvalue weighted by molar-refractivity contribution is -0.122. The van der Waals surface area contributed by atoms with Crippen molar-refractivity contribution >= 4 is 11.9 Å². The van der Waals surface area contributed by atoms with E-state index >= 15 is 0 Å². The smallest absolute Gasteiger partial charge is 0.337 e. The number of anilines is 1. The molecule has 0 bridgehead atoms. The van der Waals surface area contributed by atoms with E-state index in [9.17, 15) is 4.79 Å². The number of carbonyl (C=O) groups is 1. The molecule has 0 aliphatic rings. The fourth-order valence-electron chi connectivity index (χ4n) is 0.906. The molecule has 0 spiro atoms. The van der Waals surface area contributed by atoms with Crippen molar-refractivity contribution in [1.82, 2.24) is 15.2 Å². The zero-order valence-electron chi connectivity index (χ0n) is 9.61. The molecule has 16 heavy (non-hydrogen) atoms. The second-order valence-electron chi connectivity index (χ2n) is 3.31. The van der Waals surface area contributed by atoms with Gasteiger partial charge in [0.2, 0.25) is 5.95 Å². The van der Waals surface area contributed by atoms with Crippen LogP contribution < -0.4 is 10.1 Å². The van der Waals surface area contributed by atoms with Gasteiger partial charge in [-0.2, -0.15) is 4.98 Å². The van der Waals surface area contributed by atoms with Crippen LogP contribution in [0.1, 0.15) is 20.8 Å². The highest BCUT2D eigenvalue weighted by molar-refractivity contribution is 5.89. The summed E-state index contributed by atoms with van der Waals surface area (Å²) in [6, 6.07) is 0.211. The van der Waals surface area contributed by atoms with E-state index in [0.29, 0.717) is 6.61 Å². The third-order valence-corrected chi connectivity index (χ3v) is 1.54. The number of H-pyrrole nitrogens is 1. The van der Waals surface area contributed by atoms with Crippen LogP contribution >= 0.6 is 0 Å². The fraction of sp³-hybridized carbons (Fsp3) is 0.667. The second kappa shape index (κ2) is 6.06. The predicted octanol–water partition coefficient (Wildman–Crippen LogP) is 0.567. The summed E-state index contributed by atoms with van der Waals surface area (Å²) in [5.41, 5.74) is 0. The number of nitrogens with zero attached hydrogens (tertiary/aromatic N) is 2. The minimum absolute atomic E-state index is 0.0116. The Morgan fingerprint density at radius 2 is 2.31 bits per heavy atom. The van der Waals surface area contributed by atoms with Gasteiger partial charge in [0.1, 0.15) is 6.61 Å². The largest absolute Gasteiger partial charge is 0.463 e. The predicted molar refractivity (Wildman–Crippen MR) is 57.3 cm³/mol. The van der Waals surface area contributed by atoms with Crippen molar-refractivity contribution in [3.8, 4) is 6.01 Å². The molecule has 7 nitrogen and oxygen atoms in total. The maximum absolute atomic E-state index is 11.3. The van der Waals surface area contributed by atoms with Gasteiger partial charge in [0.25, 0.3) is 5.91 Å². The quantitative estimate of drug-likeness (QED) is 0.742. The molecule has 2 N–H and O–H groups in total. The van der Waals surface area contributed by atoms with Gasteiger partial charge in [0, 0.05) is 0 Å². The molecule has 0 atom stereocenters. The van der Waals surface area contributed by atoms with Crippen LogP contribution in [-0.2, 0) is 9.53 Å². The Morgan fingerprint density at radius 1 is 1.56 bits per heavy atom. The summed E-state index contributed by atoms with van der Waals surface area (Å²) in [5, 5.41) is 8.78. The number of rotatable bonds is 6. The SMILES string of the molecule is CCOc1n[nH]c(NC(=O)COC(C)C)n1. The van der Waals surface area contributed by atoms with Gasteiger partial charge < -0.3 is 9.47 Å². The van der Waals surface area contributed by atoms with E-state index in [2.05, 4.69) is 20.5 Å². The highest BCUT2D eigenvalue weighted by Gasteiger charge is 2.08. The Labute approximate surface area is 93.5 Å². The van der Waals surface area contributed by atoms with E-state index in [0.717, 1.165) is 0 Å². The molecular weight excluding hydrogens is 212 g/mol. The van der Waals surface area contributed by atoms with E-state index in [4.69, 9.17) is 9.47 Å². The van der Waals surface area contributed by atoms with Gasteiger partial charge in [-0.1, -0.05) is 0 Å². The number of hydrogen-bond donors (Lipinski definition) is 2. The summed E-state index contributed by atoms with van der Waals surface area (Å²) in [7, 11) is 0. The normalized spacial score (nSPS) is 10.5. The van der Waals surface area contributed by atoms with E-state index in [-0.39, 0.29) is 30.6 Å². The lowest BCUT2D eigenvalue weighted by Gasteiger charge is -2.05. The van der Waals surface area contributed by atoms with Gasteiger partial charge >= 0.3 is 6.01 Å². The molecule has 0 aliphatic heterocycles. The number of nitrogens with one attached hydrogen (secondary N) is 2. The third kappa shape index (κ3) is 4.26. The number of ether oxygens (including phenoxy) is 2. The Hall–Kier alpha value is -1.63. The molecule has 1 amide bonds. The van der Waals surface area contributed by atoms with Crippen LogP contribution in [0.3, 0.4) is 0 Å². The molecule has 0 saturated heterocycles. The lowest BCUT2D eigenvalue weighted by atomic mass is 10.5. The third-order valence-electron chi connectivity index (χ3n) is 1.54. The van der Waals surface area contributed by atoms with Crippen LogP contribution in [-0.4, -0.2) is 40.4 Å². The van der Waals surface area contributed by atoms with Gasteiger partial charge in [0.15, 0.2) is 0 Å². The molecule has 0 aliphatic carbocycles. The van der Waals surface area contributed by atoms with Crippen LogP contribution in [0.2, 0.25) is 0 Å². The molecule has 1 rings (SSSR count). The summed E-state index contributed by atoms with van der Waals surface area (Å²) in [6.45, 7) is 6.00. The van der Waals surface area contributed by atoms with Crippen molar-refractivity contribution < 1.29 is 14.3 Å². The fourth-order valence-corrected chi connectivity index (χ4v) is 0.906. The first kappa shape index (κ1) is 12.4. The Morgan fingerprint density at radius 3 is 2.94 bits per heavy atom. The van der Waals surface area contributed by atoms with Crippen molar-refractivity contribution in [1.29, 1.82) is 0 Å². The Balaban J connectivity index is 2.37. The van der Waals surface area contributed by atoms with Gasteiger partial charge in [-0.05, 0) is 20.8 Å². The standard InChI is InChI=1S/C9H16N4O3/c1-4-15-9-11-8(12-13-9)10-7(14)5-16-6(2)3/h6H,4-5H2,1-3H3,(H2,10,11,12,13,14). The molecule has 0 fully saturated rings. The van der Waals surface area contributed by atoms with Gasteiger partial charge in [0.05, 0.1) is 12.7 Å². The van der Waals surface area contributed by atoms with Crippen molar-refractivity contribution in [3.63, 3.8) is 0 Å². The van der Waals surface area contributed by atoms with Crippen molar-refractivity contribution in [2.75, 3.05) is 18.5 Å². The molecule has 7 heteroatoms. The summed E-state index contributed by atoms with van der Waals surface area (Å²) in [6.07, 6.45) is 0.0134. The molecule has 1 aromatic heterocycles. The van der Waals surface area contributed by atoms with Crippen molar-refractivity contribution in [2.24, 2.45) is 0 Å². The zero-order chi connectivity index (χ0) is 12.0. The van der Waals surface area contributed by atoms with Crippen LogP contribution in [0.25, 0.3) is 0 Å². The first-order valence-electron chi connectivity index (χ1n) is 5.08. The second-order valence-corrected chi connectivity index (χ2v) is 3.31. The first-order valence-corrected chi connectivity index (χ1v) is 5.08. The van der Waals surface area contributed by atoms with E-state index in [1.165, 1.54) is 0 Å². The number of amides is 1. The topological polar surface area (TPSA) is 89.1 Å². The summed E-state index contributed by atoms with van der Waals surface area (Å²) >= 11 is 0. The van der Waals surface area contributed by atoms with Crippen LogP contribution in [0.5, 0.6) is 6.01 Å². The highest BCUT2D eigenvalue weighted by atomic mass is 16.5. The summed E-state index contributed by atoms with van der Waals surface area (Å²) < 4.78 is 10.2. The molecule has 0 saturated carbocycles. The zero-order valence-corrected chi connectivity index (χ0v) is 9.61. The maximum Gasteiger partial charge on any atom is 0.337 e. The van der Waals surface area contributed by atoms with Gasteiger partial charge in [-0.3, -0.25) is 10.1 Å². The minimum Gasteiger partial charge on any atom is -0.463 e. The maximum atomic E-state index is 11.3. The average Bonchev–Trinajstić information content (AvgIpc) is 2.63.